The normalized spacial score (nSPS) is 10.1. The molecule has 0 aromatic heterocycles. The standard InChI is InChI=1S/C16H12Cl2O4/c1-2-21-15-7-10(9-19)3-6-14(15)22-16(20)12-8-11(17)4-5-13(12)18/h3-9H,2H2,1H3. The number of halogens is 2. The van der Waals surface area contributed by atoms with Gasteiger partial charge in [-0.2, -0.15) is 0 Å². The fourth-order valence-electron chi connectivity index (χ4n) is 1.76. The van der Waals surface area contributed by atoms with Crippen molar-refractivity contribution in [1.29, 1.82) is 0 Å². The van der Waals surface area contributed by atoms with E-state index in [4.69, 9.17) is 32.7 Å². The van der Waals surface area contributed by atoms with Crippen LogP contribution in [-0.2, 0) is 0 Å². The van der Waals surface area contributed by atoms with Gasteiger partial charge < -0.3 is 9.47 Å². The molecule has 0 heterocycles. The molecular weight excluding hydrogens is 327 g/mol. The van der Waals surface area contributed by atoms with Crippen LogP contribution < -0.4 is 9.47 Å². The minimum Gasteiger partial charge on any atom is -0.490 e. The molecule has 4 nitrogen and oxygen atoms in total. The molecule has 0 radical (unpaired) electrons. The van der Waals surface area contributed by atoms with Crippen molar-refractivity contribution in [3.05, 3.63) is 57.6 Å². The van der Waals surface area contributed by atoms with Crippen molar-refractivity contribution in [2.24, 2.45) is 0 Å². The van der Waals surface area contributed by atoms with Crippen LogP contribution in [-0.4, -0.2) is 18.9 Å². The van der Waals surface area contributed by atoms with E-state index in [2.05, 4.69) is 0 Å². The zero-order valence-corrected chi connectivity index (χ0v) is 13.1. The summed E-state index contributed by atoms with van der Waals surface area (Å²) in [7, 11) is 0. The summed E-state index contributed by atoms with van der Waals surface area (Å²) in [5.74, 6) is -0.153. The molecular formula is C16H12Cl2O4. The quantitative estimate of drug-likeness (QED) is 0.460. The van der Waals surface area contributed by atoms with Crippen molar-refractivity contribution in [3.63, 3.8) is 0 Å². The summed E-state index contributed by atoms with van der Waals surface area (Å²) in [5, 5.41) is 0.606. The number of benzene rings is 2. The summed E-state index contributed by atoms with van der Waals surface area (Å²) in [5.41, 5.74) is 0.570. The van der Waals surface area contributed by atoms with Gasteiger partial charge in [-0.1, -0.05) is 23.2 Å². The molecule has 0 saturated heterocycles. The van der Waals surface area contributed by atoms with E-state index in [-0.39, 0.29) is 16.3 Å². The van der Waals surface area contributed by atoms with Gasteiger partial charge in [-0.05, 0) is 43.3 Å². The third-order valence-corrected chi connectivity index (χ3v) is 3.32. The molecule has 0 unspecified atom stereocenters. The Balaban J connectivity index is 2.31. The number of carbonyl (C=O) groups is 2. The molecule has 22 heavy (non-hydrogen) atoms. The lowest BCUT2D eigenvalue weighted by Gasteiger charge is -2.11. The highest BCUT2D eigenvalue weighted by molar-refractivity contribution is 6.35. The van der Waals surface area contributed by atoms with E-state index in [0.717, 1.165) is 0 Å². The Hall–Kier alpha value is -2.04. The molecule has 0 bridgehead atoms. The van der Waals surface area contributed by atoms with Gasteiger partial charge in [0.1, 0.15) is 6.29 Å². The number of esters is 1. The first kappa shape index (κ1) is 16.3. The molecule has 2 rings (SSSR count). The molecule has 0 amide bonds. The summed E-state index contributed by atoms with van der Waals surface area (Å²) >= 11 is 11.8. The van der Waals surface area contributed by atoms with Crippen LogP contribution in [0.5, 0.6) is 11.5 Å². The number of hydrogen-bond donors (Lipinski definition) is 0. The molecule has 6 heteroatoms. The van der Waals surface area contributed by atoms with Gasteiger partial charge in [-0.25, -0.2) is 4.79 Å². The van der Waals surface area contributed by atoms with E-state index in [1.54, 1.807) is 13.0 Å². The first-order valence-corrected chi connectivity index (χ1v) is 7.20. The Morgan fingerprint density at radius 1 is 1.14 bits per heavy atom. The zero-order valence-electron chi connectivity index (χ0n) is 11.6. The van der Waals surface area contributed by atoms with Crippen molar-refractivity contribution in [3.8, 4) is 11.5 Å². The largest absolute Gasteiger partial charge is 0.490 e. The van der Waals surface area contributed by atoms with Crippen LogP contribution in [0.3, 0.4) is 0 Å². The lowest BCUT2D eigenvalue weighted by molar-refractivity contribution is 0.0728. The predicted molar refractivity (Wildman–Crippen MR) is 84.4 cm³/mol. The average molecular weight is 339 g/mol. The van der Waals surface area contributed by atoms with E-state index in [9.17, 15) is 9.59 Å². The first-order valence-electron chi connectivity index (χ1n) is 6.44. The van der Waals surface area contributed by atoms with E-state index in [0.29, 0.717) is 29.2 Å². The maximum absolute atomic E-state index is 12.2. The van der Waals surface area contributed by atoms with Crippen molar-refractivity contribution in [2.75, 3.05) is 6.61 Å². The van der Waals surface area contributed by atoms with Crippen LogP contribution in [0.15, 0.2) is 36.4 Å². The van der Waals surface area contributed by atoms with Gasteiger partial charge in [-0.15, -0.1) is 0 Å². The average Bonchev–Trinajstić information content (AvgIpc) is 2.51. The van der Waals surface area contributed by atoms with Crippen molar-refractivity contribution in [1.82, 2.24) is 0 Å². The van der Waals surface area contributed by atoms with Gasteiger partial charge in [0.2, 0.25) is 0 Å². The fraction of sp³-hybridized carbons (Fsp3) is 0.125. The number of rotatable bonds is 5. The Kier molecular flexibility index (Phi) is 5.41. The second-order valence-corrected chi connectivity index (χ2v) is 5.11. The van der Waals surface area contributed by atoms with Crippen LogP contribution in [0, 0.1) is 0 Å². The van der Waals surface area contributed by atoms with Crippen LogP contribution in [0.4, 0.5) is 0 Å². The number of aldehydes is 1. The smallest absolute Gasteiger partial charge is 0.345 e. The fourth-order valence-corrected chi connectivity index (χ4v) is 2.13. The summed E-state index contributed by atoms with van der Waals surface area (Å²) in [6.07, 6.45) is 0.682. The van der Waals surface area contributed by atoms with E-state index in [1.807, 2.05) is 0 Å². The highest BCUT2D eigenvalue weighted by Gasteiger charge is 2.16. The van der Waals surface area contributed by atoms with Gasteiger partial charge in [-0.3, -0.25) is 4.79 Å². The molecule has 2 aromatic rings. The minimum absolute atomic E-state index is 0.149. The second kappa shape index (κ2) is 7.29. The second-order valence-electron chi connectivity index (χ2n) is 4.27. The van der Waals surface area contributed by atoms with Gasteiger partial charge in [0, 0.05) is 10.6 Å². The zero-order chi connectivity index (χ0) is 16.1. The van der Waals surface area contributed by atoms with Crippen LogP contribution >= 0.6 is 23.2 Å². The summed E-state index contributed by atoms with van der Waals surface area (Å²) in [4.78, 5) is 23.0. The van der Waals surface area contributed by atoms with Gasteiger partial charge in [0.05, 0.1) is 17.2 Å². The topological polar surface area (TPSA) is 52.6 Å². The lowest BCUT2D eigenvalue weighted by Crippen LogP contribution is -2.10. The van der Waals surface area contributed by atoms with E-state index < -0.39 is 5.97 Å². The van der Waals surface area contributed by atoms with Crippen molar-refractivity contribution >= 4 is 35.5 Å². The summed E-state index contributed by atoms with van der Waals surface area (Å²) < 4.78 is 10.7. The Labute approximate surface area is 137 Å². The Bertz CT molecular complexity index is 713. The number of hydrogen-bond acceptors (Lipinski definition) is 4. The summed E-state index contributed by atoms with van der Waals surface area (Å²) in [6, 6.07) is 9.03. The van der Waals surface area contributed by atoms with E-state index in [1.165, 1.54) is 30.3 Å². The summed E-state index contributed by atoms with van der Waals surface area (Å²) in [6.45, 7) is 2.15. The molecule has 0 fully saturated rings. The molecule has 0 aliphatic rings. The molecule has 0 aliphatic heterocycles. The van der Waals surface area contributed by atoms with Gasteiger partial charge in [0.15, 0.2) is 11.5 Å². The first-order chi connectivity index (χ1) is 10.5. The lowest BCUT2D eigenvalue weighted by atomic mass is 10.2. The van der Waals surface area contributed by atoms with Crippen molar-refractivity contribution in [2.45, 2.75) is 6.92 Å². The van der Waals surface area contributed by atoms with Crippen LogP contribution in [0.25, 0.3) is 0 Å². The molecule has 0 saturated carbocycles. The van der Waals surface area contributed by atoms with Gasteiger partial charge in [0.25, 0.3) is 0 Å². The molecule has 0 aliphatic carbocycles. The maximum atomic E-state index is 12.2. The number of ether oxygens (including phenoxy) is 2. The van der Waals surface area contributed by atoms with Crippen LogP contribution in [0.2, 0.25) is 10.0 Å². The third-order valence-electron chi connectivity index (χ3n) is 2.75. The molecule has 0 N–H and O–H groups in total. The highest BCUT2D eigenvalue weighted by Crippen LogP contribution is 2.30. The van der Waals surface area contributed by atoms with E-state index >= 15 is 0 Å². The highest BCUT2D eigenvalue weighted by atomic mass is 35.5. The maximum Gasteiger partial charge on any atom is 0.345 e. The van der Waals surface area contributed by atoms with Crippen molar-refractivity contribution < 1.29 is 19.1 Å². The third kappa shape index (κ3) is 3.78. The predicted octanol–water partition coefficient (Wildman–Crippen LogP) is 4.42. The minimum atomic E-state index is -0.660. The molecule has 114 valence electrons. The van der Waals surface area contributed by atoms with Crippen LogP contribution in [0.1, 0.15) is 27.6 Å². The molecule has 0 spiro atoms. The molecule has 0 atom stereocenters. The Morgan fingerprint density at radius 2 is 1.91 bits per heavy atom. The molecule has 2 aromatic carbocycles. The number of carbonyl (C=O) groups excluding carboxylic acids is 2. The Morgan fingerprint density at radius 3 is 2.59 bits per heavy atom. The monoisotopic (exact) mass is 338 g/mol. The van der Waals surface area contributed by atoms with Gasteiger partial charge >= 0.3 is 5.97 Å². The SMILES string of the molecule is CCOc1cc(C=O)ccc1OC(=O)c1cc(Cl)ccc1Cl.